The Bertz CT molecular complexity index is 525. The van der Waals surface area contributed by atoms with E-state index in [0.717, 1.165) is 45.8 Å². The summed E-state index contributed by atoms with van der Waals surface area (Å²) in [6.45, 7) is 6.38. The summed E-state index contributed by atoms with van der Waals surface area (Å²) >= 11 is 0. The van der Waals surface area contributed by atoms with Crippen LogP contribution < -0.4 is 0 Å². The van der Waals surface area contributed by atoms with E-state index >= 15 is 0 Å². The number of amides is 1. The van der Waals surface area contributed by atoms with E-state index in [1.165, 1.54) is 0 Å². The Morgan fingerprint density at radius 1 is 1.39 bits per heavy atom. The van der Waals surface area contributed by atoms with Crippen molar-refractivity contribution < 1.29 is 14.3 Å². The lowest BCUT2D eigenvalue weighted by Gasteiger charge is -2.31. The third-order valence-electron chi connectivity index (χ3n) is 4.74. The predicted molar refractivity (Wildman–Crippen MR) is 86.3 cm³/mol. The molecule has 1 aromatic rings. The van der Waals surface area contributed by atoms with Crippen LogP contribution in [0.5, 0.6) is 0 Å². The Morgan fingerprint density at radius 3 is 3.09 bits per heavy atom. The summed E-state index contributed by atoms with van der Waals surface area (Å²) in [5.41, 5.74) is 0.549. The van der Waals surface area contributed by atoms with Gasteiger partial charge in [-0.3, -0.25) is 9.78 Å². The standard InChI is InChI=1S/C17H25N3O3/c1-22-10-8-19-7-5-17(12-19)13-20(9-11-23-14-17)16(21)15-4-2-3-6-18-15/h2-4,6H,5,7-14H2,1H3/t17-/m1/s1. The summed E-state index contributed by atoms with van der Waals surface area (Å²) in [7, 11) is 1.73. The normalized spacial score (nSPS) is 25.7. The number of ether oxygens (including phenoxy) is 2. The van der Waals surface area contributed by atoms with Gasteiger partial charge in [0, 0.05) is 44.9 Å². The number of hydrogen-bond acceptors (Lipinski definition) is 5. The summed E-state index contributed by atoms with van der Waals surface area (Å²) in [5.74, 6) is 0.00539. The van der Waals surface area contributed by atoms with Gasteiger partial charge < -0.3 is 19.3 Å². The van der Waals surface area contributed by atoms with E-state index in [1.54, 1.807) is 19.4 Å². The van der Waals surface area contributed by atoms with Crippen LogP contribution >= 0.6 is 0 Å². The van der Waals surface area contributed by atoms with E-state index < -0.39 is 0 Å². The molecule has 0 N–H and O–H groups in total. The number of carbonyl (C=O) groups is 1. The van der Waals surface area contributed by atoms with Gasteiger partial charge in [-0.05, 0) is 25.1 Å². The second kappa shape index (κ2) is 7.38. The molecule has 1 aromatic heterocycles. The van der Waals surface area contributed by atoms with Gasteiger partial charge in [-0.2, -0.15) is 0 Å². The van der Waals surface area contributed by atoms with Crippen LogP contribution in [0.3, 0.4) is 0 Å². The zero-order chi connectivity index (χ0) is 16.1. The lowest BCUT2D eigenvalue weighted by molar-refractivity contribution is 0.0626. The Balaban J connectivity index is 1.68. The molecule has 1 atom stereocenters. The number of pyridine rings is 1. The summed E-state index contributed by atoms with van der Waals surface area (Å²) in [4.78, 5) is 21.2. The highest BCUT2D eigenvalue weighted by atomic mass is 16.5. The van der Waals surface area contributed by atoms with Gasteiger partial charge in [0.2, 0.25) is 0 Å². The number of hydrogen-bond donors (Lipinski definition) is 0. The second-order valence-electron chi connectivity index (χ2n) is 6.51. The highest BCUT2D eigenvalue weighted by Gasteiger charge is 2.42. The quantitative estimate of drug-likeness (QED) is 0.825. The van der Waals surface area contributed by atoms with E-state index in [4.69, 9.17) is 9.47 Å². The molecule has 6 heteroatoms. The minimum Gasteiger partial charge on any atom is -0.383 e. The molecule has 0 radical (unpaired) electrons. The monoisotopic (exact) mass is 319 g/mol. The summed E-state index contributed by atoms with van der Waals surface area (Å²) in [6, 6.07) is 5.46. The minimum absolute atomic E-state index is 0.00539. The zero-order valence-electron chi connectivity index (χ0n) is 13.7. The average Bonchev–Trinajstić information content (AvgIpc) is 2.86. The van der Waals surface area contributed by atoms with E-state index in [-0.39, 0.29) is 11.3 Å². The largest absolute Gasteiger partial charge is 0.383 e. The van der Waals surface area contributed by atoms with Crippen LogP contribution in [0.4, 0.5) is 0 Å². The highest BCUT2D eigenvalue weighted by molar-refractivity contribution is 5.92. The number of rotatable bonds is 4. The van der Waals surface area contributed by atoms with Gasteiger partial charge in [-0.25, -0.2) is 0 Å². The van der Waals surface area contributed by atoms with Crippen molar-refractivity contribution in [2.45, 2.75) is 6.42 Å². The SMILES string of the molecule is COCCN1CC[C@@]2(COCCN(C(=O)c3ccccn3)C2)C1. The van der Waals surface area contributed by atoms with Crippen molar-refractivity contribution in [3.8, 4) is 0 Å². The third-order valence-corrected chi connectivity index (χ3v) is 4.74. The molecule has 0 unspecified atom stereocenters. The molecule has 0 saturated carbocycles. The Kier molecular flexibility index (Phi) is 5.25. The maximum atomic E-state index is 12.7. The maximum Gasteiger partial charge on any atom is 0.272 e. The second-order valence-corrected chi connectivity index (χ2v) is 6.51. The summed E-state index contributed by atoms with van der Waals surface area (Å²) < 4.78 is 11.0. The minimum atomic E-state index is 0.00539. The predicted octanol–water partition coefficient (Wildman–Crippen LogP) is 0.893. The third kappa shape index (κ3) is 3.88. The van der Waals surface area contributed by atoms with Gasteiger partial charge in [0.05, 0.1) is 19.8 Å². The molecule has 2 aliphatic rings. The first-order chi connectivity index (χ1) is 11.2. The molecule has 3 rings (SSSR count). The molecule has 2 aliphatic heterocycles. The Morgan fingerprint density at radius 2 is 2.30 bits per heavy atom. The van der Waals surface area contributed by atoms with E-state index in [2.05, 4.69) is 9.88 Å². The number of carbonyl (C=O) groups excluding carboxylic acids is 1. The highest BCUT2D eigenvalue weighted by Crippen LogP contribution is 2.33. The molecule has 1 spiro atoms. The molecule has 3 heterocycles. The fourth-order valence-corrected chi connectivity index (χ4v) is 3.50. The first kappa shape index (κ1) is 16.4. The van der Waals surface area contributed by atoms with E-state index in [0.29, 0.717) is 18.8 Å². The molecule has 0 aromatic carbocycles. The maximum absolute atomic E-state index is 12.7. The van der Waals surface area contributed by atoms with Gasteiger partial charge in [-0.15, -0.1) is 0 Å². The smallest absolute Gasteiger partial charge is 0.272 e. The fraction of sp³-hybridized carbons (Fsp3) is 0.647. The van der Waals surface area contributed by atoms with Crippen LogP contribution in [-0.4, -0.2) is 80.3 Å². The molecular formula is C17H25N3O3. The lowest BCUT2D eigenvalue weighted by Crippen LogP contribution is -2.43. The van der Waals surface area contributed by atoms with Gasteiger partial charge in [0.25, 0.3) is 5.91 Å². The van der Waals surface area contributed by atoms with Crippen molar-refractivity contribution in [1.82, 2.24) is 14.8 Å². The Hall–Kier alpha value is -1.50. The average molecular weight is 319 g/mol. The number of nitrogens with zero attached hydrogens (tertiary/aromatic N) is 3. The van der Waals surface area contributed by atoms with Crippen LogP contribution in [0.25, 0.3) is 0 Å². The fourth-order valence-electron chi connectivity index (χ4n) is 3.50. The van der Waals surface area contributed by atoms with Crippen LogP contribution in [0.2, 0.25) is 0 Å². The van der Waals surface area contributed by atoms with Crippen molar-refractivity contribution in [3.63, 3.8) is 0 Å². The van der Waals surface area contributed by atoms with Crippen molar-refractivity contribution in [2.24, 2.45) is 5.41 Å². The van der Waals surface area contributed by atoms with Gasteiger partial charge >= 0.3 is 0 Å². The number of aromatic nitrogens is 1. The number of methoxy groups -OCH3 is 1. The molecule has 2 fully saturated rings. The molecule has 0 aliphatic carbocycles. The van der Waals surface area contributed by atoms with Gasteiger partial charge in [0.1, 0.15) is 5.69 Å². The van der Waals surface area contributed by atoms with Crippen LogP contribution in [0, 0.1) is 5.41 Å². The topological polar surface area (TPSA) is 54.9 Å². The molecule has 23 heavy (non-hydrogen) atoms. The van der Waals surface area contributed by atoms with Crippen LogP contribution in [0.15, 0.2) is 24.4 Å². The van der Waals surface area contributed by atoms with Crippen LogP contribution in [0.1, 0.15) is 16.9 Å². The van der Waals surface area contributed by atoms with Crippen molar-refractivity contribution in [1.29, 1.82) is 0 Å². The lowest BCUT2D eigenvalue weighted by atomic mass is 9.87. The molecule has 2 saturated heterocycles. The number of likely N-dealkylation sites (tertiary alicyclic amines) is 1. The molecule has 126 valence electrons. The van der Waals surface area contributed by atoms with E-state index in [9.17, 15) is 4.79 Å². The zero-order valence-corrected chi connectivity index (χ0v) is 13.7. The van der Waals surface area contributed by atoms with Crippen LogP contribution in [-0.2, 0) is 9.47 Å². The molecule has 0 bridgehead atoms. The van der Waals surface area contributed by atoms with Gasteiger partial charge in [-0.1, -0.05) is 6.07 Å². The first-order valence-corrected chi connectivity index (χ1v) is 8.22. The summed E-state index contributed by atoms with van der Waals surface area (Å²) in [5, 5.41) is 0. The van der Waals surface area contributed by atoms with E-state index in [1.807, 2.05) is 17.0 Å². The Labute approximate surface area is 137 Å². The van der Waals surface area contributed by atoms with Crippen molar-refractivity contribution in [2.75, 3.05) is 59.7 Å². The molecule has 1 amide bonds. The van der Waals surface area contributed by atoms with Gasteiger partial charge in [0.15, 0.2) is 0 Å². The first-order valence-electron chi connectivity index (χ1n) is 8.22. The molecule has 6 nitrogen and oxygen atoms in total. The molecular weight excluding hydrogens is 294 g/mol. The van der Waals surface area contributed by atoms with Crippen molar-refractivity contribution in [3.05, 3.63) is 30.1 Å². The summed E-state index contributed by atoms with van der Waals surface area (Å²) in [6.07, 6.45) is 2.72. The van der Waals surface area contributed by atoms with Crippen molar-refractivity contribution >= 4 is 5.91 Å².